The maximum absolute atomic E-state index is 6.32. The molecule has 0 saturated heterocycles. The predicted octanol–water partition coefficient (Wildman–Crippen LogP) is 2.42. The molecule has 0 radical (unpaired) electrons. The standard InChI is InChI=1S/C10H12ClNOS/c11-8-6-5-13-4-1-7(6)14-9(8)10(12)2-3-10/h1-5,12H2. The molecule has 2 N–H and O–H groups in total. The SMILES string of the molecule is NC1(c2sc3c(c2Cl)COCC3)CC1. The number of rotatable bonds is 1. The van der Waals surface area contributed by atoms with Crippen molar-refractivity contribution in [3.8, 4) is 0 Å². The van der Waals surface area contributed by atoms with Crippen LogP contribution in [0.5, 0.6) is 0 Å². The lowest BCUT2D eigenvalue weighted by molar-refractivity contribution is 0.112. The Labute approximate surface area is 92.0 Å². The summed E-state index contributed by atoms with van der Waals surface area (Å²) >= 11 is 8.11. The van der Waals surface area contributed by atoms with Crippen LogP contribution in [-0.4, -0.2) is 6.61 Å². The van der Waals surface area contributed by atoms with Gasteiger partial charge in [-0.05, 0) is 12.8 Å². The van der Waals surface area contributed by atoms with Crippen molar-refractivity contribution in [2.45, 2.75) is 31.4 Å². The van der Waals surface area contributed by atoms with Crippen LogP contribution >= 0.6 is 22.9 Å². The summed E-state index contributed by atoms with van der Waals surface area (Å²) in [6, 6.07) is 0. The highest BCUT2D eigenvalue weighted by Crippen LogP contribution is 2.51. The van der Waals surface area contributed by atoms with Crippen molar-refractivity contribution in [3.63, 3.8) is 0 Å². The van der Waals surface area contributed by atoms with Gasteiger partial charge < -0.3 is 10.5 Å². The van der Waals surface area contributed by atoms with Crippen molar-refractivity contribution in [3.05, 3.63) is 20.3 Å². The van der Waals surface area contributed by atoms with Crippen LogP contribution in [-0.2, 0) is 23.3 Å². The second kappa shape index (κ2) is 2.95. The number of ether oxygens (including phenoxy) is 1. The van der Waals surface area contributed by atoms with Crippen molar-refractivity contribution >= 4 is 22.9 Å². The maximum atomic E-state index is 6.32. The number of thiophene rings is 1. The third-order valence-corrected chi connectivity index (χ3v) is 5.03. The van der Waals surface area contributed by atoms with Crippen LogP contribution in [0.4, 0.5) is 0 Å². The first-order chi connectivity index (χ1) is 6.71. The van der Waals surface area contributed by atoms with Gasteiger partial charge in [0.2, 0.25) is 0 Å². The molecule has 0 atom stereocenters. The van der Waals surface area contributed by atoms with E-state index in [4.69, 9.17) is 22.1 Å². The summed E-state index contributed by atoms with van der Waals surface area (Å²) in [5.41, 5.74) is 7.26. The first-order valence-corrected chi connectivity index (χ1v) is 6.07. The summed E-state index contributed by atoms with van der Waals surface area (Å²) in [5, 5.41) is 0.879. The van der Waals surface area contributed by atoms with Crippen LogP contribution in [0.2, 0.25) is 5.02 Å². The molecular formula is C10H12ClNOS. The monoisotopic (exact) mass is 229 g/mol. The molecule has 0 aromatic carbocycles. The molecule has 0 amide bonds. The van der Waals surface area contributed by atoms with Crippen molar-refractivity contribution in [1.82, 2.24) is 0 Å². The largest absolute Gasteiger partial charge is 0.376 e. The Morgan fingerprint density at radius 2 is 2.21 bits per heavy atom. The fourth-order valence-corrected chi connectivity index (χ4v) is 3.72. The van der Waals surface area contributed by atoms with E-state index < -0.39 is 0 Å². The van der Waals surface area contributed by atoms with Gasteiger partial charge >= 0.3 is 0 Å². The molecule has 1 aliphatic heterocycles. The minimum Gasteiger partial charge on any atom is -0.376 e. The molecule has 3 rings (SSSR count). The van der Waals surface area contributed by atoms with E-state index in [9.17, 15) is 0 Å². The Bertz CT molecular complexity index is 384. The van der Waals surface area contributed by atoms with Gasteiger partial charge in [0.05, 0.1) is 23.8 Å². The first kappa shape index (κ1) is 9.16. The minimum atomic E-state index is -0.0981. The van der Waals surface area contributed by atoms with Crippen LogP contribution in [0, 0.1) is 0 Å². The Balaban J connectivity index is 2.09. The third-order valence-electron chi connectivity index (χ3n) is 2.99. The van der Waals surface area contributed by atoms with Gasteiger partial charge in [-0.3, -0.25) is 0 Å². The number of nitrogens with two attached hydrogens (primary N) is 1. The highest BCUT2D eigenvalue weighted by Gasteiger charge is 2.44. The van der Waals surface area contributed by atoms with Gasteiger partial charge in [0, 0.05) is 21.7 Å². The fraction of sp³-hybridized carbons (Fsp3) is 0.600. The van der Waals surface area contributed by atoms with Gasteiger partial charge in [-0.25, -0.2) is 0 Å². The maximum Gasteiger partial charge on any atom is 0.0742 e. The lowest BCUT2D eigenvalue weighted by atomic mass is 10.1. The van der Waals surface area contributed by atoms with E-state index in [0.29, 0.717) is 6.61 Å². The van der Waals surface area contributed by atoms with Gasteiger partial charge in [0.1, 0.15) is 0 Å². The summed E-state index contributed by atoms with van der Waals surface area (Å²) in [7, 11) is 0. The summed E-state index contributed by atoms with van der Waals surface area (Å²) in [4.78, 5) is 2.57. The van der Waals surface area contributed by atoms with E-state index >= 15 is 0 Å². The summed E-state index contributed by atoms with van der Waals surface area (Å²) in [5.74, 6) is 0. The van der Waals surface area contributed by atoms with E-state index in [0.717, 1.165) is 30.9 Å². The number of fused-ring (bicyclic) bond motifs is 1. The van der Waals surface area contributed by atoms with E-state index in [1.165, 1.54) is 15.3 Å². The molecule has 2 heterocycles. The topological polar surface area (TPSA) is 35.2 Å². The second-order valence-corrected chi connectivity index (χ2v) is 5.59. The smallest absolute Gasteiger partial charge is 0.0742 e. The van der Waals surface area contributed by atoms with Gasteiger partial charge in [-0.2, -0.15) is 0 Å². The summed E-state index contributed by atoms with van der Waals surface area (Å²) < 4.78 is 5.40. The van der Waals surface area contributed by atoms with Crippen LogP contribution in [0.1, 0.15) is 28.2 Å². The molecule has 4 heteroatoms. The normalized spacial score (nSPS) is 23.3. The van der Waals surface area contributed by atoms with E-state index in [-0.39, 0.29) is 5.54 Å². The molecule has 14 heavy (non-hydrogen) atoms. The molecule has 1 aromatic heterocycles. The molecule has 2 aliphatic rings. The molecule has 0 bridgehead atoms. The van der Waals surface area contributed by atoms with Gasteiger partial charge in [0.15, 0.2) is 0 Å². The molecular weight excluding hydrogens is 218 g/mol. The second-order valence-electron chi connectivity index (χ2n) is 4.11. The lowest BCUT2D eigenvalue weighted by Crippen LogP contribution is -2.17. The van der Waals surface area contributed by atoms with Gasteiger partial charge in [0.25, 0.3) is 0 Å². The Morgan fingerprint density at radius 1 is 1.43 bits per heavy atom. The molecule has 1 fully saturated rings. The highest BCUT2D eigenvalue weighted by atomic mass is 35.5. The van der Waals surface area contributed by atoms with E-state index in [1.807, 2.05) is 0 Å². The molecule has 1 aliphatic carbocycles. The number of halogens is 1. The summed E-state index contributed by atoms with van der Waals surface area (Å²) in [6.45, 7) is 1.49. The molecule has 76 valence electrons. The molecule has 0 unspecified atom stereocenters. The summed E-state index contributed by atoms with van der Waals surface area (Å²) in [6.07, 6.45) is 3.15. The fourth-order valence-electron chi connectivity index (χ4n) is 1.86. The molecule has 2 nitrogen and oxygen atoms in total. The predicted molar refractivity (Wildman–Crippen MR) is 57.8 cm³/mol. The average molecular weight is 230 g/mol. The van der Waals surface area contributed by atoms with Crippen molar-refractivity contribution in [2.24, 2.45) is 5.73 Å². The van der Waals surface area contributed by atoms with Crippen molar-refractivity contribution in [1.29, 1.82) is 0 Å². The van der Waals surface area contributed by atoms with Crippen LogP contribution < -0.4 is 5.73 Å². The zero-order chi connectivity index (χ0) is 9.76. The van der Waals surface area contributed by atoms with Crippen molar-refractivity contribution in [2.75, 3.05) is 6.61 Å². The number of hydrogen-bond donors (Lipinski definition) is 1. The first-order valence-electron chi connectivity index (χ1n) is 4.88. The van der Waals surface area contributed by atoms with Crippen molar-refractivity contribution < 1.29 is 4.74 Å². The Morgan fingerprint density at radius 3 is 2.86 bits per heavy atom. The quantitative estimate of drug-likeness (QED) is 0.803. The van der Waals surface area contributed by atoms with Crippen LogP contribution in [0.15, 0.2) is 0 Å². The van der Waals surface area contributed by atoms with E-state index in [2.05, 4.69) is 0 Å². The van der Waals surface area contributed by atoms with Crippen LogP contribution in [0.25, 0.3) is 0 Å². The Hall–Kier alpha value is -0.0900. The zero-order valence-corrected chi connectivity index (χ0v) is 9.38. The highest BCUT2D eigenvalue weighted by molar-refractivity contribution is 7.13. The van der Waals surface area contributed by atoms with Crippen LogP contribution in [0.3, 0.4) is 0 Å². The van der Waals surface area contributed by atoms with Gasteiger partial charge in [-0.15, -0.1) is 11.3 Å². The van der Waals surface area contributed by atoms with Gasteiger partial charge in [-0.1, -0.05) is 11.6 Å². The minimum absolute atomic E-state index is 0.0981. The lowest BCUT2D eigenvalue weighted by Gasteiger charge is -2.11. The third kappa shape index (κ3) is 1.23. The molecule has 0 spiro atoms. The molecule has 1 saturated carbocycles. The number of hydrogen-bond acceptors (Lipinski definition) is 3. The average Bonchev–Trinajstić information content (AvgIpc) is 2.84. The molecule has 1 aromatic rings. The van der Waals surface area contributed by atoms with E-state index in [1.54, 1.807) is 11.3 Å². The zero-order valence-electron chi connectivity index (χ0n) is 7.81. The Kier molecular flexibility index (Phi) is 1.93.